The third-order valence-corrected chi connectivity index (χ3v) is 3.82. The van der Waals surface area contributed by atoms with E-state index in [0.717, 1.165) is 5.75 Å². The van der Waals surface area contributed by atoms with Crippen LogP contribution in [0.1, 0.15) is 54.9 Å². The van der Waals surface area contributed by atoms with Crippen molar-refractivity contribution in [3.8, 4) is 5.75 Å². The molecule has 27 heavy (non-hydrogen) atoms. The summed E-state index contributed by atoms with van der Waals surface area (Å²) in [5, 5.41) is 2.57. The predicted molar refractivity (Wildman–Crippen MR) is 105 cm³/mol. The van der Waals surface area contributed by atoms with E-state index in [1.54, 1.807) is 34.6 Å². The van der Waals surface area contributed by atoms with E-state index >= 15 is 0 Å². The van der Waals surface area contributed by atoms with Gasteiger partial charge in [0.05, 0.1) is 0 Å². The molecule has 3 atom stereocenters. The monoisotopic (exact) mass is 379 g/mol. The highest BCUT2D eigenvalue weighted by molar-refractivity contribution is 5.81. The van der Waals surface area contributed by atoms with Crippen LogP contribution in [0.15, 0.2) is 30.3 Å². The van der Waals surface area contributed by atoms with Gasteiger partial charge in [-0.05, 0) is 52.2 Å². The second-order valence-corrected chi connectivity index (χ2v) is 7.89. The molecule has 0 unspecified atom stereocenters. The van der Waals surface area contributed by atoms with Gasteiger partial charge >= 0.3 is 12.1 Å². The minimum Gasteiger partial charge on any atom is -0.486 e. The van der Waals surface area contributed by atoms with Gasteiger partial charge in [0.2, 0.25) is 0 Å². The lowest BCUT2D eigenvalue weighted by Crippen LogP contribution is -2.46. The number of rotatable bonds is 8. The lowest BCUT2D eigenvalue weighted by molar-refractivity contribution is -0.156. The van der Waals surface area contributed by atoms with Crippen LogP contribution in [0.4, 0.5) is 4.79 Å². The Morgan fingerprint density at radius 3 is 2.15 bits per heavy atom. The molecule has 1 amide bonds. The molecular weight excluding hydrogens is 346 g/mol. The molecule has 0 spiro atoms. The summed E-state index contributed by atoms with van der Waals surface area (Å²) in [7, 11) is 0. The Morgan fingerprint density at radius 2 is 1.67 bits per heavy atom. The molecule has 1 N–H and O–H groups in total. The molecule has 0 bridgehead atoms. The average Bonchev–Trinajstić information content (AvgIpc) is 2.56. The number of alkyl carbamates (subject to hydrolysis) is 1. The van der Waals surface area contributed by atoms with Crippen molar-refractivity contribution in [2.75, 3.05) is 0 Å². The van der Waals surface area contributed by atoms with Gasteiger partial charge in [0.15, 0.2) is 0 Å². The minimum absolute atomic E-state index is 0.131. The third-order valence-electron chi connectivity index (χ3n) is 3.82. The summed E-state index contributed by atoms with van der Waals surface area (Å²) in [6.07, 6.45) is -1.03. The molecule has 0 saturated heterocycles. The molecule has 0 saturated carbocycles. The van der Waals surface area contributed by atoms with E-state index in [2.05, 4.69) is 5.32 Å². The standard InChI is InChI=1S/C21H33NO5/c1-8-17(22-20(24)27-21(5,6)7)19(23)25-15(4)18(14(2)3)26-16-12-10-9-11-13-16/h9-15,17-18H,8H2,1-7H3,(H,22,24)/t15-,17-,18+/m0/s1. The number of amides is 1. The smallest absolute Gasteiger partial charge is 0.408 e. The molecule has 0 aliphatic rings. The van der Waals surface area contributed by atoms with Gasteiger partial charge in [-0.1, -0.05) is 39.0 Å². The SMILES string of the molecule is CC[C@H](NC(=O)OC(C)(C)C)C(=O)O[C@@H](C)[C@H](Oc1ccccc1)C(C)C. The van der Waals surface area contributed by atoms with Crippen molar-refractivity contribution in [2.45, 2.75) is 78.7 Å². The Morgan fingerprint density at radius 1 is 1.07 bits per heavy atom. The fraction of sp³-hybridized carbons (Fsp3) is 0.619. The maximum absolute atomic E-state index is 12.5. The Hall–Kier alpha value is -2.24. The van der Waals surface area contributed by atoms with E-state index in [1.807, 2.05) is 44.2 Å². The van der Waals surface area contributed by atoms with Crippen molar-refractivity contribution in [3.05, 3.63) is 30.3 Å². The first-order valence-electron chi connectivity index (χ1n) is 9.45. The lowest BCUT2D eigenvalue weighted by atomic mass is 10.0. The number of hydrogen-bond donors (Lipinski definition) is 1. The Bertz CT molecular complexity index is 594. The number of esters is 1. The van der Waals surface area contributed by atoms with E-state index in [9.17, 15) is 9.59 Å². The van der Waals surface area contributed by atoms with Gasteiger partial charge in [-0.15, -0.1) is 0 Å². The number of carbonyl (C=O) groups is 2. The van der Waals surface area contributed by atoms with Crippen molar-refractivity contribution in [3.63, 3.8) is 0 Å². The zero-order valence-corrected chi connectivity index (χ0v) is 17.4. The number of ether oxygens (including phenoxy) is 3. The van der Waals surface area contributed by atoms with E-state index in [-0.39, 0.29) is 12.0 Å². The summed E-state index contributed by atoms with van der Waals surface area (Å²) in [4.78, 5) is 24.5. The highest BCUT2D eigenvalue weighted by atomic mass is 16.6. The quantitative estimate of drug-likeness (QED) is 0.681. The number of para-hydroxylation sites is 1. The number of benzene rings is 1. The number of carbonyl (C=O) groups excluding carboxylic acids is 2. The van der Waals surface area contributed by atoms with Crippen LogP contribution in [0.2, 0.25) is 0 Å². The van der Waals surface area contributed by atoms with Crippen LogP contribution in [0.5, 0.6) is 5.75 Å². The Labute approximate surface area is 162 Å². The molecule has 1 rings (SSSR count). The van der Waals surface area contributed by atoms with Crippen molar-refractivity contribution < 1.29 is 23.8 Å². The zero-order chi connectivity index (χ0) is 20.6. The van der Waals surface area contributed by atoms with Gasteiger partial charge in [-0.3, -0.25) is 0 Å². The first-order valence-corrected chi connectivity index (χ1v) is 9.45. The third kappa shape index (κ3) is 8.33. The van der Waals surface area contributed by atoms with E-state index in [0.29, 0.717) is 6.42 Å². The first-order chi connectivity index (χ1) is 12.5. The van der Waals surface area contributed by atoms with E-state index < -0.39 is 29.8 Å². The molecule has 0 aliphatic carbocycles. The summed E-state index contributed by atoms with van der Waals surface area (Å²) in [6.45, 7) is 12.9. The molecule has 152 valence electrons. The molecule has 0 aliphatic heterocycles. The van der Waals surface area contributed by atoms with Gasteiger partial charge in [0, 0.05) is 0 Å². The predicted octanol–water partition coefficient (Wildman–Crippen LogP) is 4.33. The van der Waals surface area contributed by atoms with Gasteiger partial charge in [-0.2, -0.15) is 0 Å². The maximum atomic E-state index is 12.5. The fourth-order valence-corrected chi connectivity index (χ4v) is 2.54. The first kappa shape index (κ1) is 22.8. The van der Waals surface area contributed by atoms with Gasteiger partial charge < -0.3 is 19.5 Å². The highest BCUT2D eigenvalue weighted by Gasteiger charge is 2.30. The second kappa shape index (κ2) is 10.2. The lowest BCUT2D eigenvalue weighted by Gasteiger charge is -2.29. The average molecular weight is 379 g/mol. The molecule has 1 aromatic rings. The van der Waals surface area contributed by atoms with Crippen LogP contribution >= 0.6 is 0 Å². The van der Waals surface area contributed by atoms with Crippen LogP contribution in [0, 0.1) is 5.92 Å². The van der Waals surface area contributed by atoms with Crippen LogP contribution in [0.25, 0.3) is 0 Å². The molecule has 0 aromatic heterocycles. The molecular formula is C21H33NO5. The van der Waals surface area contributed by atoms with Gasteiger partial charge in [0.1, 0.15) is 29.6 Å². The van der Waals surface area contributed by atoms with Crippen molar-refractivity contribution in [1.82, 2.24) is 5.32 Å². The second-order valence-electron chi connectivity index (χ2n) is 7.89. The summed E-state index contributed by atoms with van der Waals surface area (Å²) in [6, 6.07) is 8.65. The van der Waals surface area contributed by atoms with Crippen LogP contribution < -0.4 is 10.1 Å². The van der Waals surface area contributed by atoms with Crippen LogP contribution in [-0.2, 0) is 14.3 Å². The fourth-order valence-electron chi connectivity index (χ4n) is 2.54. The van der Waals surface area contributed by atoms with Crippen LogP contribution in [0.3, 0.4) is 0 Å². The normalized spacial score (nSPS) is 14.8. The van der Waals surface area contributed by atoms with Gasteiger partial charge in [0.25, 0.3) is 0 Å². The van der Waals surface area contributed by atoms with E-state index in [4.69, 9.17) is 14.2 Å². The Kier molecular flexibility index (Phi) is 8.60. The van der Waals surface area contributed by atoms with Crippen molar-refractivity contribution in [2.24, 2.45) is 5.92 Å². The zero-order valence-electron chi connectivity index (χ0n) is 17.4. The number of hydrogen-bond acceptors (Lipinski definition) is 5. The summed E-state index contributed by atoms with van der Waals surface area (Å²) < 4.78 is 16.8. The molecule has 6 nitrogen and oxygen atoms in total. The van der Waals surface area contributed by atoms with Crippen molar-refractivity contribution in [1.29, 1.82) is 0 Å². The molecule has 6 heteroatoms. The summed E-state index contributed by atoms with van der Waals surface area (Å²) in [5.41, 5.74) is -0.633. The van der Waals surface area contributed by atoms with Crippen LogP contribution in [-0.4, -0.2) is 35.9 Å². The summed E-state index contributed by atoms with van der Waals surface area (Å²) >= 11 is 0. The number of nitrogens with one attached hydrogen (secondary N) is 1. The largest absolute Gasteiger partial charge is 0.486 e. The van der Waals surface area contributed by atoms with Crippen molar-refractivity contribution >= 4 is 12.1 Å². The van der Waals surface area contributed by atoms with Gasteiger partial charge in [-0.25, -0.2) is 9.59 Å². The maximum Gasteiger partial charge on any atom is 0.408 e. The highest BCUT2D eigenvalue weighted by Crippen LogP contribution is 2.20. The van der Waals surface area contributed by atoms with E-state index in [1.165, 1.54) is 0 Å². The summed E-state index contributed by atoms with van der Waals surface area (Å²) in [5.74, 6) is 0.350. The minimum atomic E-state index is -0.771. The molecule has 1 aromatic carbocycles. The topological polar surface area (TPSA) is 73.9 Å². The molecule has 0 heterocycles. The molecule has 0 radical (unpaired) electrons. The Balaban J connectivity index is 2.71. The molecule has 0 fully saturated rings.